The molecule has 0 aromatic heterocycles. The molecule has 2 aromatic carbocycles. The van der Waals surface area contributed by atoms with Crippen molar-refractivity contribution in [3.8, 4) is 0 Å². The maximum atomic E-state index is 12.3. The van der Waals surface area contributed by atoms with Gasteiger partial charge in [0.15, 0.2) is 0 Å². The van der Waals surface area contributed by atoms with Crippen LogP contribution in [0.15, 0.2) is 60.7 Å². The molecule has 1 fully saturated rings. The van der Waals surface area contributed by atoms with Gasteiger partial charge in [0, 0.05) is 26.2 Å². The van der Waals surface area contributed by atoms with Crippen molar-refractivity contribution in [2.24, 2.45) is 0 Å². The van der Waals surface area contributed by atoms with Gasteiger partial charge in [-0.2, -0.15) is 0 Å². The van der Waals surface area contributed by atoms with Crippen LogP contribution in [0.2, 0.25) is 0 Å². The minimum atomic E-state index is -0.351. The Morgan fingerprint density at radius 1 is 0.957 bits per heavy atom. The Kier molecular flexibility index (Phi) is 5.05. The highest BCUT2D eigenvalue weighted by Gasteiger charge is 2.29. The van der Waals surface area contributed by atoms with Crippen molar-refractivity contribution in [2.75, 3.05) is 19.6 Å². The number of aliphatic hydroxyl groups excluding tert-OH is 1. The summed E-state index contributed by atoms with van der Waals surface area (Å²) in [5.41, 5.74) is 2.39. The lowest BCUT2D eigenvalue weighted by Crippen LogP contribution is -2.55. The second-order valence-corrected chi connectivity index (χ2v) is 6.07. The Morgan fingerprint density at radius 3 is 1.87 bits per heavy atom. The van der Waals surface area contributed by atoms with E-state index in [4.69, 9.17) is 0 Å². The van der Waals surface area contributed by atoms with Gasteiger partial charge in [-0.1, -0.05) is 60.7 Å². The van der Waals surface area contributed by atoms with Gasteiger partial charge < -0.3 is 10.0 Å². The van der Waals surface area contributed by atoms with Crippen molar-refractivity contribution in [3.63, 3.8) is 0 Å². The first kappa shape index (κ1) is 15.7. The summed E-state index contributed by atoms with van der Waals surface area (Å²) in [5.74, 6) is 0.0853. The molecule has 2 aromatic rings. The van der Waals surface area contributed by atoms with Gasteiger partial charge in [-0.15, -0.1) is 0 Å². The lowest BCUT2D eigenvalue weighted by molar-refractivity contribution is -0.142. The smallest absolute Gasteiger partial charge is 0.236 e. The third-order valence-electron chi connectivity index (χ3n) is 4.07. The predicted molar refractivity (Wildman–Crippen MR) is 89.6 cm³/mol. The highest BCUT2D eigenvalue weighted by Crippen LogP contribution is 2.13. The number of nitrogens with zero attached hydrogens (tertiary/aromatic N) is 2. The molecule has 0 radical (unpaired) electrons. The SMILES string of the molecule is O=C(CN(Cc1ccccc1)Cc1ccccc1)N1CC(O)C1. The standard InChI is InChI=1S/C19H22N2O2/c22-18-13-21(14-18)19(23)15-20(11-16-7-3-1-4-8-16)12-17-9-5-2-6-10-17/h1-10,18,22H,11-15H2. The first-order chi connectivity index (χ1) is 11.2. The summed E-state index contributed by atoms with van der Waals surface area (Å²) in [6.45, 7) is 2.76. The zero-order valence-electron chi connectivity index (χ0n) is 13.1. The third kappa shape index (κ3) is 4.41. The molecule has 120 valence electrons. The van der Waals surface area contributed by atoms with Crippen molar-refractivity contribution in [1.29, 1.82) is 0 Å². The van der Waals surface area contributed by atoms with Crippen molar-refractivity contribution < 1.29 is 9.90 Å². The molecule has 0 aliphatic carbocycles. The van der Waals surface area contributed by atoms with E-state index in [9.17, 15) is 9.90 Å². The fourth-order valence-corrected chi connectivity index (χ4v) is 2.80. The fraction of sp³-hybridized carbons (Fsp3) is 0.316. The zero-order chi connectivity index (χ0) is 16.1. The van der Waals surface area contributed by atoms with Crippen LogP contribution >= 0.6 is 0 Å². The van der Waals surface area contributed by atoms with Gasteiger partial charge in [0.25, 0.3) is 0 Å². The van der Waals surface area contributed by atoms with E-state index in [0.29, 0.717) is 19.6 Å². The van der Waals surface area contributed by atoms with Crippen molar-refractivity contribution in [3.05, 3.63) is 71.8 Å². The molecule has 4 nitrogen and oxygen atoms in total. The number of benzene rings is 2. The Hall–Kier alpha value is -2.17. The number of aliphatic hydroxyl groups is 1. The Morgan fingerprint density at radius 2 is 1.43 bits per heavy atom. The number of amides is 1. The molecule has 4 heteroatoms. The maximum absolute atomic E-state index is 12.3. The minimum Gasteiger partial charge on any atom is -0.389 e. The molecule has 1 heterocycles. The van der Waals surface area contributed by atoms with Crippen LogP contribution in [0.5, 0.6) is 0 Å². The van der Waals surface area contributed by atoms with Crippen LogP contribution in [0.3, 0.4) is 0 Å². The van der Waals surface area contributed by atoms with Crippen molar-refractivity contribution in [2.45, 2.75) is 19.2 Å². The lowest BCUT2D eigenvalue weighted by Gasteiger charge is -2.37. The Bertz CT molecular complexity index is 583. The van der Waals surface area contributed by atoms with E-state index < -0.39 is 0 Å². The van der Waals surface area contributed by atoms with Gasteiger partial charge in [-0.3, -0.25) is 9.69 Å². The average Bonchev–Trinajstić information content (AvgIpc) is 2.53. The number of likely N-dealkylation sites (tertiary alicyclic amines) is 1. The number of hydrogen-bond acceptors (Lipinski definition) is 3. The molecule has 1 amide bonds. The number of hydrogen-bond donors (Lipinski definition) is 1. The van der Waals surface area contributed by atoms with Crippen LogP contribution in [0.4, 0.5) is 0 Å². The van der Waals surface area contributed by atoms with E-state index >= 15 is 0 Å². The monoisotopic (exact) mass is 310 g/mol. The zero-order valence-corrected chi connectivity index (χ0v) is 13.1. The molecule has 3 rings (SSSR count). The normalized spacial score (nSPS) is 14.8. The highest BCUT2D eigenvalue weighted by molar-refractivity contribution is 5.79. The number of β-amino-alcohol motifs (C(OH)–C–C–N with tert-alkyl or cyclic N) is 1. The van der Waals surface area contributed by atoms with Crippen LogP contribution < -0.4 is 0 Å². The number of carbonyl (C=O) groups is 1. The molecule has 1 N–H and O–H groups in total. The van der Waals surface area contributed by atoms with Crippen LogP contribution in [-0.4, -0.2) is 46.6 Å². The Labute approximate surface area is 137 Å². The van der Waals surface area contributed by atoms with Crippen LogP contribution in [-0.2, 0) is 17.9 Å². The summed E-state index contributed by atoms with van der Waals surface area (Å²) in [5, 5.41) is 9.36. The van der Waals surface area contributed by atoms with E-state index in [0.717, 1.165) is 13.1 Å². The average molecular weight is 310 g/mol. The molecular formula is C19H22N2O2. The van der Waals surface area contributed by atoms with Crippen LogP contribution in [0, 0.1) is 0 Å². The largest absolute Gasteiger partial charge is 0.389 e. The number of rotatable bonds is 6. The summed E-state index contributed by atoms with van der Waals surface area (Å²) < 4.78 is 0. The molecular weight excluding hydrogens is 288 g/mol. The van der Waals surface area contributed by atoms with E-state index in [2.05, 4.69) is 29.2 Å². The molecule has 0 spiro atoms. The van der Waals surface area contributed by atoms with Crippen molar-refractivity contribution in [1.82, 2.24) is 9.80 Å². The van der Waals surface area contributed by atoms with E-state index in [1.54, 1.807) is 4.90 Å². The van der Waals surface area contributed by atoms with Gasteiger partial charge in [0.2, 0.25) is 5.91 Å². The van der Waals surface area contributed by atoms with Crippen LogP contribution in [0.25, 0.3) is 0 Å². The quantitative estimate of drug-likeness (QED) is 0.886. The van der Waals surface area contributed by atoms with Gasteiger partial charge in [-0.05, 0) is 11.1 Å². The molecule has 0 unspecified atom stereocenters. The molecule has 1 aliphatic heterocycles. The van der Waals surface area contributed by atoms with E-state index in [1.807, 2.05) is 36.4 Å². The number of carbonyl (C=O) groups excluding carboxylic acids is 1. The highest BCUT2D eigenvalue weighted by atomic mass is 16.3. The third-order valence-corrected chi connectivity index (χ3v) is 4.07. The van der Waals surface area contributed by atoms with Gasteiger partial charge in [-0.25, -0.2) is 0 Å². The first-order valence-corrected chi connectivity index (χ1v) is 7.97. The van der Waals surface area contributed by atoms with E-state index in [1.165, 1.54) is 11.1 Å². The first-order valence-electron chi connectivity index (χ1n) is 7.97. The topological polar surface area (TPSA) is 43.8 Å². The lowest BCUT2D eigenvalue weighted by atomic mass is 10.1. The summed E-state index contributed by atoms with van der Waals surface area (Å²) in [4.78, 5) is 16.2. The summed E-state index contributed by atoms with van der Waals surface area (Å²) in [6.07, 6.45) is -0.351. The maximum Gasteiger partial charge on any atom is 0.236 e. The molecule has 0 bridgehead atoms. The predicted octanol–water partition coefficient (Wildman–Crippen LogP) is 1.89. The molecule has 1 aliphatic rings. The second kappa shape index (κ2) is 7.40. The van der Waals surface area contributed by atoms with E-state index in [-0.39, 0.29) is 12.0 Å². The minimum absolute atomic E-state index is 0.0853. The fourth-order valence-electron chi connectivity index (χ4n) is 2.80. The van der Waals surface area contributed by atoms with Gasteiger partial charge >= 0.3 is 0 Å². The molecule has 23 heavy (non-hydrogen) atoms. The van der Waals surface area contributed by atoms with Gasteiger partial charge in [0.1, 0.15) is 0 Å². The second-order valence-electron chi connectivity index (χ2n) is 6.07. The molecule has 1 saturated heterocycles. The Balaban J connectivity index is 1.66. The summed E-state index contributed by atoms with van der Waals surface area (Å²) >= 11 is 0. The van der Waals surface area contributed by atoms with Crippen molar-refractivity contribution >= 4 is 5.91 Å². The van der Waals surface area contributed by atoms with Crippen LogP contribution in [0.1, 0.15) is 11.1 Å². The molecule has 0 atom stereocenters. The van der Waals surface area contributed by atoms with Gasteiger partial charge in [0.05, 0.1) is 12.6 Å². The summed E-state index contributed by atoms with van der Waals surface area (Å²) in [7, 11) is 0. The molecule has 0 saturated carbocycles. The summed E-state index contributed by atoms with van der Waals surface area (Å²) in [6, 6.07) is 20.4.